The highest BCUT2D eigenvalue weighted by molar-refractivity contribution is 5.92. The topological polar surface area (TPSA) is 57.7 Å². The van der Waals surface area contributed by atoms with Gasteiger partial charge in [0.05, 0.1) is 18.3 Å². The van der Waals surface area contributed by atoms with E-state index < -0.39 is 0 Å². The number of piperazine rings is 1. The van der Waals surface area contributed by atoms with Crippen LogP contribution in [-0.4, -0.2) is 55.6 Å². The van der Waals surface area contributed by atoms with Crippen molar-refractivity contribution in [2.45, 2.75) is 20.3 Å². The zero-order valence-corrected chi connectivity index (χ0v) is 18.5. The van der Waals surface area contributed by atoms with Crippen LogP contribution >= 0.6 is 0 Å². The number of benzene rings is 2. The number of hydrogen-bond acceptors (Lipinski definition) is 5. The molecule has 0 unspecified atom stereocenters. The standard InChI is InChI=1S/C25H30N4O2/c1-18-10-11-21-22(26-18)7-5-9-24(21)29-16-14-28(15-17-29)13-12-20-6-4-8-23(25(20)31-3)27-19(2)30/h4-11H,12-17H2,1-3H3,(H,27,30). The molecule has 1 saturated heterocycles. The molecular formula is C25H30N4O2. The lowest BCUT2D eigenvalue weighted by Crippen LogP contribution is -2.47. The van der Waals surface area contributed by atoms with Gasteiger partial charge in [-0.1, -0.05) is 18.2 Å². The molecule has 0 saturated carbocycles. The molecule has 1 N–H and O–H groups in total. The Kier molecular flexibility index (Phi) is 6.37. The van der Waals surface area contributed by atoms with Crippen LogP contribution in [0.5, 0.6) is 5.75 Å². The second-order valence-electron chi connectivity index (χ2n) is 8.05. The van der Waals surface area contributed by atoms with Crippen LogP contribution in [0.3, 0.4) is 0 Å². The van der Waals surface area contributed by atoms with Crippen LogP contribution in [0.2, 0.25) is 0 Å². The Morgan fingerprint density at radius 1 is 1.06 bits per heavy atom. The summed E-state index contributed by atoms with van der Waals surface area (Å²) in [6.45, 7) is 8.54. The normalized spacial score (nSPS) is 14.6. The van der Waals surface area contributed by atoms with Crippen molar-refractivity contribution in [2.75, 3.05) is 50.1 Å². The van der Waals surface area contributed by atoms with Crippen molar-refractivity contribution >= 4 is 28.2 Å². The summed E-state index contributed by atoms with van der Waals surface area (Å²) in [5, 5.41) is 4.08. The lowest BCUT2D eigenvalue weighted by molar-refractivity contribution is -0.114. The van der Waals surface area contributed by atoms with E-state index in [-0.39, 0.29) is 5.91 Å². The average Bonchev–Trinajstić information content (AvgIpc) is 2.77. The monoisotopic (exact) mass is 418 g/mol. The molecule has 6 nitrogen and oxygen atoms in total. The molecule has 4 rings (SSSR count). The van der Waals surface area contributed by atoms with Gasteiger partial charge in [-0.15, -0.1) is 0 Å². The van der Waals surface area contributed by atoms with Gasteiger partial charge in [-0.3, -0.25) is 14.7 Å². The summed E-state index contributed by atoms with van der Waals surface area (Å²) >= 11 is 0. The number of ether oxygens (including phenoxy) is 1. The first-order valence-corrected chi connectivity index (χ1v) is 10.8. The molecule has 0 spiro atoms. The SMILES string of the molecule is COc1c(CCN2CCN(c3cccc4nc(C)ccc34)CC2)cccc1NC(C)=O. The summed E-state index contributed by atoms with van der Waals surface area (Å²) in [7, 11) is 1.66. The number of hydrogen-bond donors (Lipinski definition) is 1. The third-order valence-corrected chi connectivity index (χ3v) is 5.87. The molecule has 31 heavy (non-hydrogen) atoms. The van der Waals surface area contributed by atoms with E-state index in [0.29, 0.717) is 0 Å². The number of carbonyl (C=O) groups excluding carboxylic acids is 1. The van der Waals surface area contributed by atoms with Crippen molar-refractivity contribution in [1.82, 2.24) is 9.88 Å². The molecule has 1 fully saturated rings. The van der Waals surface area contributed by atoms with Gasteiger partial charge < -0.3 is 15.0 Å². The van der Waals surface area contributed by atoms with Gasteiger partial charge in [0.2, 0.25) is 5.91 Å². The molecule has 1 amide bonds. The van der Waals surface area contributed by atoms with Crippen LogP contribution in [0.4, 0.5) is 11.4 Å². The van der Waals surface area contributed by atoms with Crippen molar-refractivity contribution in [3.05, 3.63) is 59.8 Å². The van der Waals surface area contributed by atoms with Crippen molar-refractivity contribution in [1.29, 1.82) is 0 Å². The molecule has 0 bridgehead atoms. The van der Waals surface area contributed by atoms with E-state index in [1.807, 2.05) is 19.1 Å². The molecule has 2 aromatic carbocycles. The quantitative estimate of drug-likeness (QED) is 0.659. The van der Waals surface area contributed by atoms with E-state index in [2.05, 4.69) is 56.5 Å². The Morgan fingerprint density at radius 3 is 2.58 bits per heavy atom. The van der Waals surface area contributed by atoms with E-state index in [1.54, 1.807) is 7.11 Å². The predicted octanol–water partition coefficient (Wildman–Crippen LogP) is 3.87. The summed E-state index contributed by atoms with van der Waals surface area (Å²) in [6.07, 6.45) is 0.883. The van der Waals surface area contributed by atoms with Gasteiger partial charge in [-0.25, -0.2) is 0 Å². The number of nitrogens with zero attached hydrogens (tertiary/aromatic N) is 3. The zero-order chi connectivity index (χ0) is 21.8. The summed E-state index contributed by atoms with van der Waals surface area (Å²) in [4.78, 5) is 21.1. The molecule has 6 heteroatoms. The molecule has 162 valence electrons. The third-order valence-electron chi connectivity index (χ3n) is 5.87. The number of anilines is 2. The maximum absolute atomic E-state index is 11.5. The first-order valence-electron chi connectivity index (χ1n) is 10.8. The number of rotatable bonds is 6. The van der Waals surface area contributed by atoms with Gasteiger partial charge in [-0.05, 0) is 49.2 Å². The van der Waals surface area contributed by atoms with E-state index >= 15 is 0 Å². The first kappa shape index (κ1) is 21.1. The number of aromatic nitrogens is 1. The molecule has 3 aromatic rings. The average molecular weight is 419 g/mol. The van der Waals surface area contributed by atoms with Crippen LogP contribution in [0, 0.1) is 6.92 Å². The molecule has 1 aliphatic heterocycles. The summed E-state index contributed by atoms with van der Waals surface area (Å²) in [5.74, 6) is 0.667. The fourth-order valence-corrected chi connectivity index (χ4v) is 4.32. The largest absolute Gasteiger partial charge is 0.494 e. The Morgan fingerprint density at radius 2 is 1.84 bits per heavy atom. The second kappa shape index (κ2) is 9.35. The Hall–Kier alpha value is -3.12. The van der Waals surface area contributed by atoms with Crippen LogP contribution in [-0.2, 0) is 11.2 Å². The second-order valence-corrected chi connectivity index (χ2v) is 8.05. The number of methoxy groups -OCH3 is 1. The maximum Gasteiger partial charge on any atom is 0.221 e. The van der Waals surface area contributed by atoms with Gasteiger partial charge >= 0.3 is 0 Å². The van der Waals surface area contributed by atoms with E-state index in [4.69, 9.17) is 4.74 Å². The Labute approximate surface area is 183 Å². The van der Waals surface area contributed by atoms with Gasteiger partial charge in [0.15, 0.2) is 0 Å². The van der Waals surface area contributed by atoms with E-state index in [0.717, 1.165) is 67.4 Å². The molecule has 0 atom stereocenters. The van der Waals surface area contributed by atoms with Crippen LogP contribution < -0.4 is 15.0 Å². The molecule has 1 aromatic heterocycles. The highest BCUT2D eigenvalue weighted by atomic mass is 16.5. The molecule has 1 aliphatic rings. The number of aryl methyl sites for hydroxylation is 1. The highest BCUT2D eigenvalue weighted by Gasteiger charge is 2.19. The maximum atomic E-state index is 11.5. The fraction of sp³-hybridized carbons (Fsp3) is 0.360. The summed E-state index contributed by atoms with van der Waals surface area (Å²) in [6, 6.07) is 16.6. The van der Waals surface area contributed by atoms with Gasteiger partial charge in [0.1, 0.15) is 5.75 Å². The van der Waals surface area contributed by atoms with Crippen LogP contribution in [0.1, 0.15) is 18.2 Å². The smallest absolute Gasteiger partial charge is 0.221 e. The third kappa shape index (κ3) is 4.80. The highest BCUT2D eigenvalue weighted by Crippen LogP contribution is 2.30. The number of carbonyl (C=O) groups is 1. The van der Waals surface area contributed by atoms with E-state index in [1.165, 1.54) is 18.0 Å². The van der Waals surface area contributed by atoms with Gasteiger partial charge in [0.25, 0.3) is 0 Å². The number of amides is 1. The minimum Gasteiger partial charge on any atom is -0.494 e. The predicted molar refractivity (Wildman–Crippen MR) is 126 cm³/mol. The minimum absolute atomic E-state index is 0.0923. The molecule has 0 aliphatic carbocycles. The lowest BCUT2D eigenvalue weighted by Gasteiger charge is -2.36. The van der Waals surface area contributed by atoms with Gasteiger partial charge in [0, 0.05) is 56.4 Å². The van der Waals surface area contributed by atoms with Crippen molar-refractivity contribution in [3.63, 3.8) is 0 Å². The molecular weight excluding hydrogens is 388 g/mol. The number of fused-ring (bicyclic) bond motifs is 1. The van der Waals surface area contributed by atoms with Crippen LogP contribution in [0.15, 0.2) is 48.5 Å². The number of para-hydroxylation sites is 1. The van der Waals surface area contributed by atoms with Gasteiger partial charge in [-0.2, -0.15) is 0 Å². The molecule has 2 heterocycles. The Balaban J connectivity index is 1.39. The summed E-state index contributed by atoms with van der Waals surface area (Å²) in [5.41, 5.74) is 5.23. The fourth-order valence-electron chi connectivity index (χ4n) is 4.32. The summed E-state index contributed by atoms with van der Waals surface area (Å²) < 4.78 is 5.59. The zero-order valence-electron chi connectivity index (χ0n) is 18.5. The number of nitrogens with one attached hydrogen (secondary N) is 1. The van der Waals surface area contributed by atoms with E-state index in [9.17, 15) is 4.79 Å². The van der Waals surface area contributed by atoms with Crippen molar-refractivity contribution < 1.29 is 9.53 Å². The minimum atomic E-state index is -0.0923. The first-order chi connectivity index (χ1) is 15.0. The lowest BCUT2D eigenvalue weighted by atomic mass is 10.1. The molecule has 0 radical (unpaired) electrons. The van der Waals surface area contributed by atoms with Crippen molar-refractivity contribution in [3.8, 4) is 5.75 Å². The number of pyridine rings is 1. The van der Waals surface area contributed by atoms with Crippen LogP contribution in [0.25, 0.3) is 10.9 Å². The Bertz CT molecular complexity index is 1070. The van der Waals surface area contributed by atoms with Crippen molar-refractivity contribution in [2.24, 2.45) is 0 Å².